The molecule has 1 aromatic carbocycles. The van der Waals surface area contributed by atoms with Gasteiger partial charge in [0, 0.05) is 12.0 Å². The Morgan fingerprint density at radius 2 is 1.44 bits per heavy atom. The van der Waals surface area contributed by atoms with E-state index >= 15 is 0 Å². The lowest BCUT2D eigenvalue weighted by Crippen LogP contribution is -2.56. The molecular weight excluding hydrogens is 512 g/mol. The van der Waals surface area contributed by atoms with Crippen molar-refractivity contribution >= 4 is 41.1 Å². The van der Waals surface area contributed by atoms with Gasteiger partial charge in [0.05, 0.1) is 12.6 Å². The largest absolute Gasteiger partial charge is 0.481 e. The van der Waals surface area contributed by atoms with E-state index in [1.807, 2.05) is 13.8 Å². The third kappa shape index (κ3) is 11.4. The van der Waals surface area contributed by atoms with Gasteiger partial charge in [0.15, 0.2) is 5.78 Å². The van der Waals surface area contributed by atoms with E-state index in [1.165, 1.54) is 26.0 Å². The lowest BCUT2D eigenvalue weighted by atomic mass is 10.0. The second kappa shape index (κ2) is 15.9. The van der Waals surface area contributed by atoms with Gasteiger partial charge in [-0.05, 0) is 49.9 Å². The Balaban J connectivity index is 2.71. The van der Waals surface area contributed by atoms with Crippen LogP contribution in [0.2, 0.25) is 0 Å². The molecule has 0 fully saturated rings. The van der Waals surface area contributed by atoms with Crippen LogP contribution in [0.25, 0.3) is 0 Å². The average molecular weight is 549 g/mol. The van der Waals surface area contributed by atoms with Crippen molar-refractivity contribution in [1.29, 1.82) is 0 Å². The molecular formula is C25H36N6O8. The Hall–Kier alpha value is -4.20. The van der Waals surface area contributed by atoms with Crippen LogP contribution in [0.4, 0.5) is 5.69 Å². The van der Waals surface area contributed by atoms with Crippen molar-refractivity contribution in [1.82, 2.24) is 21.3 Å². The number of aliphatic carboxylic acids is 1. The van der Waals surface area contributed by atoms with E-state index in [2.05, 4.69) is 26.4 Å². The molecule has 1 aromatic rings. The molecule has 0 radical (unpaired) electrons. The first-order valence-electron chi connectivity index (χ1n) is 12.4. The molecule has 7 N–H and O–H groups in total. The molecule has 0 bridgehead atoms. The number of rotatable bonds is 16. The van der Waals surface area contributed by atoms with Crippen LogP contribution in [-0.2, 0) is 24.0 Å². The predicted octanol–water partition coefficient (Wildman–Crippen LogP) is 0.116. The predicted molar refractivity (Wildman–Crippen MR) is 141 cm³/mol. The van der Waals surface area contributed by atoms with Crippen LogP contribution in [0.15, 0.2) is 29.4 Å². The van der Waals surface area contributed by atoms with E-state index < -0.39 is 66.1 Å². The van der Waals surface area contributed by atoms with Gasteiger partial charge in [-0.25, -0.2) is 0 Å². The van der Waals surface area contributed by atoms with Gasteiger partial charge < -0.3 is 32.1 Å². The lowest BCUT2D eigenvalue weighted by Gasteiger charge is -2.23. The first-order chi connectivity index (χ1) is 18.3. The first-order valence-corrected chi connectivity index (χ1v) is 12.4. The Morgan fingerprint density at radius 3 is 2.00 bits per heavy atom. The number of benzene rings is 1. The minimum atomic E-state index is -1.12. The average Bonchev–Trinajstić information content (AvgIpc) is 2.88. The van der Waals surface area contributed by atoms with Crippen molar-refractivity contribution in [2.75, 3.05) is 6.54 Å². The first kappa shape index (κ1) is 32.8. The molecule has 4 atom stereocenters. The van der Waals surface area contributed by atoms with Crippen LogP contribution in [0, 0.1) is 10.8 Å². The molecule has 0 aromatic heterocycles. The molecule has 0 aliphatic carbocycles. The number of amides is 4. The molecule has 214 valence electrons. The number of hydrogen-bond acceptors (Lipinski definition) is 9. The third-order valence-corrected chi connectivity index (χ3v) is 5.58. The Bertz CT molecular complexity index is 1080. The minimum Gasteiger partial charge on any atom is -0.481 e. The summed E-state index contributed by atoms with van der Waals surface area (Å²) >= 11 is 0. The van der Waals surface area contributed by atoms with E-state index in [0.717, 1.165) is 0 Å². The van der Waals surface area contributed by atoms with Crippen molar-refractivity contribution in [3.8, 4) is 0 Å². The second-order valence-corrected chi connectivity index (χ2v) is 9.44. The Kier molecular flexibility index (Phi) is 13.4. The number of hydrogen-bond donors (Lipinski definition) is 6. The molecule has 0 heterocycles. The highest BCUT2D eigenvalue weighted by Crippen LogP contribution is 2.18. The van der Waals surface area contributed by atoms with Gasteiger partial charge in [0.2, 0.25) is 23.6 Å². The number of nitrogens with one attached hydrogen (secondary N) is 4. The maximum absolute atomic E-state index is 12.8. The van der Waals surface area contributed by atoms with E-state index in [0.29, 0.717) is 0 Å². The van der Waals surface area contributed by atoms with Crippen molar-refractivity contribution in [2.45, 2.75) is 71.1 Å². The molecule has 0 unspecified atom stereocenters. The smallest absolute Gasteiger partial charge is 0.303 e. The number of Topliss-reactive ketones (excluding diaryl/α,β-unsaturated/α-hetero) is 1. The summed E-state index contributed by atoms with van der Waals surface area (Å²) in [6.07, 6.45) is -0.186. The maximum atomic E-state index is 12.8. The summed E-state index contributed by atoms with van der Waals surface area (Å²) in [6, 6.07) is 1.58. The van der Waals surface area contributed by atoms with Gasteiger partial charge in [0.25, 0.3) is 0 Å². The topological polar surface area (TPSA) is 226 Å². The van der Waals surface area contributed by atoms with Crippen molar-refractivity contribution in [3.63, 3.8) is 0 Å². The Morgan fingerprint density at radius 1 is 0.872 bits per heavy atom. The standard InChI is InChI=1S/C25H36N6O8/c1-13(2)11-19(25(38)27-12-20(32)16-7-5-6-8-18(16)31-39)30-23(36)15(4)28-22(35)14(3)29-24(37)17(26)9-10-21(33)34/h5-8,13-15,17,19H,9-12,26H2,1-4H3,(H,27,38)(H,28,35)(H,29,37)(H,30,36)(H,33,34)/t14-,15-,17-,19-/m0/s1. The van der Waals surface area contributed by atoms with Crippen molar-refractivity contribution < 1.29 is 33.9 Å². The van der Waals surface area contributed by atoms with E-state index in [-0.39, 0.29) is 36.4 Å². The summed E-state index contributed by atoms with van der Waals surface area (Å²) in [7, 11) is 0. The number of ketones is 1. The summed E-state index contributed by atoms with van der Waals surface area (Å²) < 4.78 is 0. The van der Waals surface area contributed by atoms with Crippen molar-refractivity contribution in [3.05, 3.63) is 34.7 Å². The minimum absolute atomic E-state index is 0.0118. The fourth-order valence-electron chi connectivity index (χ4n) is 3.37. The molecule has 0 spiro atoms. The van der Waals surface area contributed by atoms with Gasteiger partial charge in [0.1, 0.15) is 23.8 Å². The van der Waals surface area contributed by atoms with Crippen LogP contribution in [0.5, 0.6) is 0 Å². The number of carboxylic acids is 1. The number of nitroso groups, excluding NO2 is 1. The lowest BCUT2D eigenvalue weighted by molar-refractivity contribution is -0.137. The summed E-state index contributed by atoms with van der Waals surface area (Å²) in [6.45, 7) is 6.00. The number of carbonyl (C=O) groups excluding carboxylic acids is 5. The molecule has 0 aliphatic heterocycles. The highest BCUT2D eigenvalue weighted by Gasteiger charge is 2.27. The highest BCUT2D eigenvalue weighted by atomic mass is 16.4. The summed E-state index contributed by atoms with van der Waals surface area (Å²) in [5.41, 5.74) is 5.63. The zero-order chi connectivity index (χ0) is 29.7. The molecule has 39 heavy (non-hydrogen) atoms. The molecule has 14 nitrogen and oxygen atoms in total. The quantitative estimate of drug-likeness (QED) is 0.122. The maximum Gasteiger partial charge on any atom is 0.303 e. The molecule has 0 saturated heterocycles. The Labute approximate surface area is 225 Å². The summed E-state index contributed by atoms with van der Waals surface area (Å²) in [4.78, 5) is 84.1. The van der Waals surface area contributed by atoms with Crippen LogP contribution in [-0.4, -0.2) is 71.2 Å². The number of carboxylic acid groups (broad SMARTS) is 1. The van der Waals surface area contributed by atoms with E-state index in [9.17, 15) is 33.7 Å². The van der Waals surface area contributed by atoms with Gasteiger partial charge in [-0.1, -0.05) is 26.0 Å². The number of carbonyl (C=O) groups is 6. The molecule has 14 heteroatoms. The molecule has 0 saturated carbocycles. The summed E-state index contributed by atoms with van der Waals surface area (Å²) in [5, 5.41) is 21.3. The normalized spacial score (nSPS) is 13.8. The van der Waals surface area contributed by atoms with Crippen molar-refractivity contribution in [2.24, 2.45) is 16.8 Å². The fourth-order valence-corrected chi connectivity index (χ4v) is 3.37. The van der Waals surface area contributed by atoms with E-state index in [4.69, 9.17) is 10.8 Å². The van der Waals surface area contributed by atoms with Crippen LogP contribution in [0.3, 0.4) is 0 Å². The molecule has 4 amide bonds. The SMILES string of the molecule is CC(C)C[C@H](NC(=O)[C@H](C)NC(=O)[C@H](C)NC(=O)[C@@H](N)CCC(=O)O)C(=O)NCC(=O)c1ccccc1N=O. The number of nitrogens with zero attached hydrogens (tertiary/aromatic N) is 1. The van der Waals surface area contributed by atoms with Gasteiger partial charge in [-0.15, -0.1) is 4.91 Å². The monoisotopic (exact) mass is 548 g/mol. The zero-order valence-corrected chi connectivity index (χ0v) is 22.4. The molecule has 1 rings (SSSR count). The van der Waals surface area contributed by atoms with Crippen LogP contribution in [0.1, 0.15) is 57.3 Å². The molecule has 0 aliphatic rings. The van der Waals surface area contributed by atoms with E-state index in [1.54, 1.807) is 12.1 Å². The number of nitrogens with two attached hydrogens (primary N) is 1. The van der Waals surface area contributed by atoms with Crippen LogP contribution < -0.4 is 27.0 Å². The second-order valence-electron chi connectivity index (χ2n) is 9.44. The zero-order valence-electron chi connectivity index (χ0n) is 22.4. The summed E-state index contributed by atoms with van der Waals surface area (Å²) in [5.74, 6) is -4.38. The van der Waals surface area contributed by atoms with Gasteiger partial charge in [-0.3, -0.25) is 28.8 Å². The van der Waals surface area contributed by atoms with Gasteiger partial charge in [-0.2, -0.15) is 0 Å². The van der Waals surface area contributed by atoms with Crippen LogP contribution >= 0.6 is 0 Å². The van der Waals surface area contributed by atoms with Gasteiger partial charge >= 0.3 is 5.97 Å². The fraction of sp³-hybridized carbons (Fsp3) is 0.520. The third-order valence-electron chi connectivity index (χ3n) is 5.58. The highest BCUT2D eigenvalue weighted by molar-refractivity contribution is 6.03.